The highest BCUT2D eigenvalue weighted by molar-refractivity contribution is 5.93. The molecule has 1 saturated heterocycles. The molecule has 3 aromatic heterocycles. The fourth-order valence-corrected chi connectivity index (χ4v) is 5.03. The normalized spacial score (nSPS) is 26.7. The minimum Gasteiger partial charge on any atom is -0.379 e. The average molecular weight is 380 g/mol. The number of pyridine rings is 1. The van der Waals surface area contributed by atoms with Gasteiger partial charge >= 0.3 is 0 Å². The largest absolute Gasteiger partial charge is 0.379 e. The van der Waals surface area contributed by atoms with Gasteiger partial charge in [0.15, 0.2) is 0 Å². The molecule has 6 heteroatoms. The summed E-state index contributed by atoms with van der Waals surface area (Å²) in [6.07, 6.45) is 13.1. The highest BCUT2D eigenvalue weighted by Gasteiger charge is 2.37. The molecule has 0 amide bonds. The van der Waals surface area contributed by atoms with Gasteiger partial charge in [-0.2, -0.15) is 5.10 Å². The zero-order valence-electron chi connectivity index (χ0n) is 16.8. The van der Waals surface area contributed by atoms with E-state index in [1.807, 2.05) is 17.9 Å². The average Bonchev–Trinajstić information content (AvgIpc) is 3.34. The van der Waals surface area contributed by atoms with E-state index in [-0.39, 0.29) is 0 Å². The molecule has 1 saturated carbocycles. The minimum atomic E-state index is 0.326. The van der Waals surface area contributed by atoms with Crippen molar-refractivity contribution in [2.45, 2.75) is 44.1 Å². The Morgan fingerprint density at radius 2 is 1.96 bits per heavy atom. The first-order valence-electron chi connectivity index (χ1n) is 10.4. The Morgan fingerprint density at radius 1 is 1.18 bits per heavy atom. The van der Waals surface area contributed by atoms with Gasteiger partial charge in [-0.1, -0.05) is 0 Å². The first-order chi connectivity index (χ1) is 13.6. The van der Waals surface area contributed by atoms with Crippen LogP contribution in [0.25, 0.3) is 22.2 Å². The van der Waals surface area contributed by atoms with Crippen molar-refractivity contribution in [1.29, 1.82) is 0 Å². The first-order valence-corrected chi connectivity index (χ1v) is 10.4. The predicted octanol–water partition coefficient (Wildman–Crippen LogP) is 3.71. The van der Waals surface area contributed by atoms with Crippen LogP contribution in [0.1, 0.15) is 44.1 Å². The van der Waals surface area contributed by atoms with E-state index in [4.69, 9.17) is 9.72 Å². The van der Waals surface area contributed by atoms with Gasteiger partial charge in [0, 0.05) is 60.8 Å². The maximum Gasteiger partial charge on any atom is 0.137 e. The predicted molar refractivity (Wildman–Crippen MR) is 110 cm³/mol. The summed E-state index contributed by atoms with van der Waals surface area (Å²) in [5.41, 5.74) is 4.98. The summed E-state index contributed by atoms with van der Waals surface area (Å²) in [5, 5.41) is 5.52. The highest BCUT2D eigenvalue weighted by Crippen LogP contribution is 2.42. The topological polar surface area (TPSA) is 59.0 Å². The maximum atomic E-state index is 5.55. The second kappa shape index (κ2) is 7.01. The number of ether oxygens (including phenoxy) is 1. The van der Waals surface area contributed by atoms with Crippen molar-refractivity contribution in [3.63, 3.8) is 0 Å². The first kappa shape index (κ1) is 17.9. The number of morpholine rings is 1. The van der Waals surface area contributed by atoms with Gasteiger partial charge in [0.1, 0.15) is 5.65 Å². The second-order valence-corrected chi connectivity index (χ2v) is 8.64. The van der Waals surface area contributed by atoms with Crippen LogP contribution in [-0.2, 0) is 11.8 Å². The molecule has 1 aliphatic heterocycles. The number of fused-ring (bicyclic) bond motifs is 1. The molecule has 1 aliphatic carbocycles. The van der Waals surface area contributed by atoms with Crippen LogP contribution < -0.4 is 0 Å². The lowest BCUT2D eigenvalue weighted by atomic mass is 9.74. The van der Waals surface area contributed by atoms with Crippen molar-refractivity contribution in [3.05, 3.63) is 36.4 Å². The Kier molecular flexibility index (Phi) is 4.48. The van der Waals surface area contributed by atoms with E-state index < -0.39 is 0 Å². The lowest BCUT2D eigenvalue weighted by Gasteiger charge is -2.47. The fraction of sp³-hybridized carbons (Fsp3) is 0.545. The van der Waals surface area contributed by atoms with Crippen LogP contribution in [0.3, 0.4) is 0 Å². The smallest absolute Gasteiger partial charge is 0.137 e. The Hall–Kier alpha value is -2.18. The lowest BCUT2D eigenvalue weighted by Crippen LogP contribution is -2.53. The maximum absolute atomic E-state index is 5.55. The summed E-state index contributed by atoms with van der Waals surface area (Å²) >= 11 is 0. The molecule has 0 unspecified atom stereocenters. The Bertz CT molecular complexity index is 960. The summed E-state index contributed by atoms with van der Waals surface area (Å²) in [6.45, 7) is 6.36. The van der Waals surface area contributed by atoms with E-state index in [1.165, 1.54) is 42.2 Å². The molecular weight excluding hydrogens is 350 g/mol. The Balaban J connectivity index is 1.37. The third-order valence-corrected chi connectivity index (χ3v) is 6.88. The van der Waals surface area contributed by atoms with Crippen LogP contribution in [0.15, 0.2) is 30.9 Å². The summed E-state index contributed by atoms with van der Waals surface area (Å²) < 4.78 is 7.40. The molecule has 1 N–H and O–H groups in total. The molecule has 0 bridgehead atoms. The fourth-order valence-electron chi connectivity index (χ4n) is 5.03. The highest BCUT2D eigenvalue weighted by atomic mass is 16.5. The zero-order chi connectivity index (χ0) is 19.1. The molecule has 3 aromatic rings. The van der Waals surface area contributed by atoms with E-state index in [0.29, 0.717) is 11.5 Å². The minimum absolute atomic E-state index is 0.326. The van der Waals surface area contributed by atoms with Crippen LogP contribution >= 0.6 is 0 Å². The second-order valence-electron chi connectivity index (χ2n) is 8.64. The molecule has 5 rings (SSSR count). The standard InChI is InChI=1S/C22H29N5O/c1-22(27-7-9-28-10-8-27)5-3-16(4-6-22)17-11-19-20(14-24-21(19)23-12-17)18-13-25-26(2)15-18/h11-16H,3-10H2,1-2H3,(H,23,24). The Morgan fingerprint density at radius 3 is 2.68 bits per heavy atom. The third kappa shape index (κ3) is 3.14. The number of aryl methyl sites for hydroxylation is 1. The van der Waals surface area contributed by atoms with Crippen molar-refractivity contribution in [2.24, 2.45) is 7.05 Å². The van der Waals surface area contributed by atoms with Crippen LogP contribution in [0.4, 0.5) is 0 Å². The summed E-state index contributed by atoms with van der Waals surface area (Å²) in [4.78, 5) is 10.7. The molecular formula is C22H29N5O. The number of rotatable bonds is 3. The van der Waals surface area contributed by atoms with E-state index >= 15 is 0 Å². The number of nitrogens with one attached hydrogen (secondary N) is 1. The number of hydrogen-bond acceptors (Lipinski definition) is 4. The monoisotopic (exact) mass is 379 g/mol. The molecule has 2 aliphatic rings. The lowest BCUT2D eigenvalue weighted by molar-refractivity contribution is -0.0314. The van der Waals surface area contributed by atoms with Gasteiger partial charge in [0.25, 0.3) is 0 Å². The molecule has 148 valence electrons. The van der Waals surface area contributed by atoms with E-state index in [1.54, 1.807) is 0 Å². The van der Waals surface area contributed by atoms with Gasteiger partial charge in [0.2, 0.25) is 0 Å². The molecule has 2 fully saturated rings. The molecule has 4 heterocycles. The molecule has 0 spiro atoms. The van der Waals surface area contributed by atoms with Crippen molar-refractivity contribution in [1.82, 2.24) is 24.6 Å². The molecule has 0 atom stereocenters. The number of hydrogen-bond donors (Lipinski definition) is 1. The van der Waals surface area contributed by atoms with Crippen LogP contribution in [-0.4, -0.2) is 56.5 Å². The van der Waals surface area contributed by atoms with E-state index in [9.17, 15) is 0 Å². The van der Waals surface area contributed by atoms with Crippen molar-refractivity contribution >= 4 is 11.0 Å². The molecule has 0 radical (unpaired) electrons. The molecule has 0 aromatic carbocycles. The number of aromatic nitrogens is 4. The summed E-state index contributed by atoms with van der Waals surface area (Å²) in [5.74, 6) is 0.600. The van der Waals surface area contributed by atoms with Crippen LogP contribution in [0.5, 0.6) is 0 Å². The van der Waals surface area contributed by atoms with E-state index in [0.717, 1.165) is 37.5 Å². The number of aromatic amines is 1. The van der Waals surface area contributed by atoms with Gasteiger partial charge in [-0.05, 0) is 50.2 Å². The Labute approximate surface area is 165 Å². The molecule has 6 nitrogen and oxygen atoms in total. The van der Waals surface area contributed by atoms with E-state index in [2.05, 4.69) is 46.6 Å². The van der Waals surface area contributed by atoms with Gasteiger partial charge in [-0.3, -0.25) is 9.58 Å². The van der Waals surface area contributed by atoms with Gasteiger partial charge in [-0.15, -0.1) is 0 Å². The van der Waals surface area contributed by atoms with Gasteiger partial charge < -0.3 is 9.72 Å². The van der Waals surface area contributed by atoms with Crippen LogP contribution in [0, 0.1) is 0 Å². The number of H-pyrrole nitrogens is 1. The van der Waals surface area contributed by atoms with Crippen LogP contribution in [0.2, 0.25) is 0 Å². The zero-order valence-corrected chi connectivity index (χ0v) is 16.8. The van der Waals surface area contributed by atoms with Crippen molar-refractivity contribution in [2.75, 3.05) is 26.3 Å². The van der Waals surface area contributed by atoms with Crippen molar-refractivity contribution < 1.29 is 4.74 Å². The van der Waals surface area contributed by atoms with Gasteiger partial charge in [-0.25, -0.2) is 4.98 Å². The van der Waals surface area contributed by atoms with Gasteiger partial charge in [0.05, 0.1) is 19.4 Å². The third-order valence-electron chi connectivity index (χ3n) is 6.88. The SMILES string of the molecule is Cn1cc(-c2c[nH]c3ncc(C4CCC(C)(N5CCOCC5)CC4)cc23)cn1. The summed E-state index contributed by atoms with van der Waals surface area (Å²) in [7, 11) is 1.95. The quantitative estimate of drug-likeness (QED) is 0.754. The molecule has 28 heavy (non-hydrogen) atoms. The van der Waals surface area contributed by atoms with Crippen molar-refractivity contribution in [3.8, 4) is 11.1 Å². The summed E-state index contributed by atoms with van der Waals surface area (Å²) in [6, 6.07) is 2.35. The number of nitrogens with zero attached hydrogens (tertiary/aromatic N) is 4.